The van der Waals surface area contributed by atoms with Gasteiger partial charge in [0.1, 0.15) is 6.04 Å². The maximum Gasteiger partial charge on any atom is 0.320 e. The van der Waals surface area contributed by atoms with Crippen LogP contribution in [-0.4, -0.2) is 22.1 Å². The van der Waals surface area contributed by atoms with E-state index in [-0.39, 0.29) is 0 Å². The average Bonchev–Trinajstić information content (AvgIpc) is 2.66. The number of carboxylic acids is 1. The lowest BCUT2D eigenvalue weighted by molar-refractivity contribution is -0.138. The Hall–Kier alpha value is -1.81. The number of nitrogens with one attached hydrogen (secondary N) is 1. The highest BCUT2D eigenvalue weighted by Crippen LogP contribution is 2.17. The van der Waals surface area contributed by atoms with Crippen molar-refractivity contribution >= 4 is 16.9 Å². The van der Waals surface area contributed by atoms with Crippen LogP contribution in [0.5, 0.6) is 0 Å². The number of aromatic amines is 1. The first-order chi connectivity index (χ1) is 7.18. The van der Waals surface area contributed by atoms with Crippen molar-refractivity contribution in [1.29, 1.82) is 0 Å². The van der Waals surface area contributed by atoms with Crippen molar-refractivity contribution in [3.05, 3.63) is 36.0 Å². The summed E-state index contributed by atoms with van der Waals surface area (Å²) in [5, 5.41) is 9.80. The number of carbonyl (C=O) groups is 1. The normalized spacial score (nSPS) is 12.9. The molecular formula is C11H12N2O2. The van der Waals surface area contributed by atoms with Crippen LogP contribution >= 0.6 is 0 Å². The Morgan fingerprint density at radius 1 is 1.47 bits per heavy atom. The standard InChI is InChI=1S/C11H12N2O2/c12-9(11(14)15)6-8-3-1-2-7-4-5-13-10(7)8/h1-5,9,13H,6,12H2,(H,14,15)/t9-/m0/s1. The van der Waals surface area contributed by atoms with Gasteiger partial charge < -0.3 is 15.8 Å². The van der Waals surface area contributed by atoms with Gasteiger partial charge in [0, 0.05) is 18.1 Å². The van der Waals surface area contributed by atoms with Crippen molar-refractivity contribution in [3.8, 4) is 0 Å². The zero-order valence-electron chi connectivity index (χ0n) is 8.10. The minimum absolute atomic E-state index is 0.340. The third kappa shape index (κ3) is 1.85. The molecule has 4 N–H and O–H groups in total. The minimum Gasteiger partial charge on any atom is -0.480 e. The molecule has 0 aliphatic heterocycles. The summed E-state index contributed by atoms with van der Waals surface area (Å²) in [5.74, 6) is -0.974. The molecule has 0 saturated heterocycles. The molecule has 0 aliphatic rings. The second-order valence-electron chi connectivity index (χ2n) is 3.51. The van der Waals surface area contributed by atoms with Crippen LogP contribution in [0.4, 0.5) is 0 Å². The first-order valence-electron chi connectivity index (χ1n) is 4.72. The first-order valence-corrected chi connectivity index (χ1v) is 4.72. The predicted molar refractivity (Wildman–Crippen MR) is 57.6 cm³/mol. The quantitative estimate of drug-likeness (QED) is 0.701. The molecule has 1 heterocycles. The number of benzene rings is 1. The van der Waals surface area contributed by atoms with E-state index < -0.39 is 12.0 Å². The minimum atomic E-state index is -0.974. The van der Waals surface area contributed by atoms with E-state index in [2.05, 4.69) is 4.98 Å². The van der Waals surface area contributed by atoms with E-state index in [1.165, 1.54) is 0 Å². The van der Waals surface area contributed by atoms with Gasteiger partial charge in [-0.3, -0.25) is 4.79 Å². The fraction of sp³-hybridized carbons (Fsp3) is 0.182. The smallest absolute Gasteiger partial charge is 0.320 e. The lowest BCUT2D eigenvalue weighted by Crippen LogP contribution is -2.32. The largest absolute Gasteiger partial charge is 0.480 e. The molecule has 0 saturated carbocycles. The second-order valence-corrected chi connectivity index (χ2v) is 3.51. The van der Waals surface area contributed by atoms with Crippen LogP contribution < -0.4 is 5.73 Å². The SMILES string of the molecule is N[C@@H](Cc1cccc2cc[nH]c12)C(=O)O. The van der Waals surface area contributed by atoms with E-state index in [0.29, 0.717) is 6.42 Å². The van der Waals surface area contributed by atoms with Crippen molar-refractivity contribution in [1.82, 2.24) is 4.98 Å². The highest BCUT2D eigenvalue weighted by Gasteiger charge is 2.13. The molecule has 1 aromatic heterocycles. The van der Waals surface area contributed by atoms with Gasteiger partial charge in [0.25, 0.3) is 0 Å². The van der Waals surface area contributed by atoms with Gasteiger partial charge in [0.2, 0.25) is 0 Å². The van der Waals surface area contributed by atoms with Crippen LogP contribution in [-0.2, 0) is 11.2 Å². The van der Waals surface area contributed by atoms with Crippen LogP contribution in [0.3, 0.4) is 0 Å². The molecule has 0 unspecified atom stereocenters. The molecule has 4 nitrogen and oxygen atoms in total. The zero-order chi connectivity index (χ0) is 10.8. The number of carboxylic acid groups (broad SMARTS) is 1. The first kappa shape index (κ1) is 9.73. The number of H-pyrrole nitrogens is 1. The molecule has 0 amide bonds. The molecule has 0 fully saturated rings. The van der Waals surface area contributed by atoms with Gasteiger partial charge in [-0.1, -0.05) is 18.2 Å². The zero-order valence-corrected chi connectivity index (χ0v) is 8.10. The van der Waals surface area contributed by atoms with Gasteiger partial charge in [0.15, 0.2) is 0 Å². The number of nitrogens with two attached hydrogens (primary N) is 1. The van der Waals surface area contributed by atoms with Crippen molar-refractivity contribution in [2.45, 2.75) is 12.5 Å². The third-order valence-corrected chi connectivity index (χ3v) is 2.43. The summed E-state index contributed by atoms with van der Waals surface area (Å²) in [6.07, 6.45) is 2.17. The van der Waals surface area contributed by atoms with E-state index in [1.54, 1.807) is 0 Å². The molecule has 2 rings (SSSR count). The van der Waals surface area contributed by atoms with Crippen molar-refractivity contribution in [3.63, 3.8) is 0 Å². The van der Waals surface area contributed by atoms with Gasteiger partial charge in [-0.15, -0.1) is 0 Å². The number of aromatic nitrogens is 1. The maximum absolute atomic E-state index is 10.6. The Balaban J connectivity index is 2.35. The van der Waals surface area contributed by atoms with Crippen molar-refractivity contribution in [2.75, 3.05) is 0 Å². The van der Waals surface area contributed by atoms with Crippen molar-refractivity contribution < 1.29 is 9.90 Å². The summed E-state index contributed by atoms with van der Waals surface area (Å²) in [6, 6.07) is 6.87. The van der Waals surface area contributed by atoms with Crippen LogP contribution in [0, 0.1) is 0 Å². The predicted octanol–water partition coefficient (Wildman–Crippen LogP) is 1.12. The maximum atomic E-state index is 10.6. The molecule has 2 aromatic rings. The van der Waals surface area contributed by atoms with E-state index >= 15 is 0 Å². The Morgan fingerprint density at radius 3 is 3.00 bits per heavy atom. The van der Waals surface area contributed by atoms with Gasteiger partial charge in [-0.25, -0.2) is 0 Å². The Kier molecular flexibility index (Phi) is 2.43. The summed E-state index contributed by atoms with van der Waals surface area (Å²) < 4.78 is 0. The summed E-state index contributed by atoms with van der Waals surface area (Å²) >= 11 is 0. The van der Waals surface area contributed by atoms with Crippen LogP contribution in [0.15, 0.2) is 30.5 Å². The van der Waals surface area contributed by atoms with E-state index in [9.17, 15) is 4.79 Å². The van der Waals surface area contributed by atoms with Gasteiger partial charge >= 0.3 is 5.97 Å². The summed E-state index contributed by atoms with van der Waals surface area (Å²) in [5.41, 5.74) is 7.40. The Morgan fingerprint density at radius 2 is 2.27 bits per heavy atom. The molecule has 78 valence electrons. The molecule has 0 radical (unpaired) electrons. The second kappa shape index (κ2) is 3.74. The summed E-state index contributed by atoms with van der Waals surface area (Å²) in [6.45, 7) is 0. The van der Waals surface area contributed by atoms with Crippen molar-refractivity contribution in [2.24, 2.45) is 5.73 Å². The molecule has 0 spiro atoms. The molecule has 15 heavy (non-hydrogen) atoms. The van der Waals surface area contributed by atoms with Gasteiger partial charge in [-0.05, 0) is 17.0 Å². The summed E-state index contributed by atoms with van der Waals surface area (Å²) in [4.78, 5) is 13.7. The highest BCUT2D eigenvalue weighted by atomic mass is 16.4. The monoisotopic (exact) mass is 204 g/mol. The van der Waals surface area contributed by atoms with E-state index in [4.69, 9.17) is 10.8 Å². The fourth-order valence-corrected chi connectivity index (χ4v) is 1.64. The number of para-hydroxylation sites is 1. The topological polar surface area (TPSA) is 79.1 Å². The van der Waals surface area contributed by atoms with Crippen LogP contribution in [0.25, 0.3) is 10.9 Å². The number of hydrogen-bond acceptors (Lipinski definition) is 2. The molecule has 0 bridgehead atoms. The van der Waals surface area contributed by atoms with E-state index in [0.717, 1.165) is 16.5 Å². The lowest BCUT2D eigenvalue weighted by Gasteiger charge is -2.07. The van der Waals surface area contributed by atoms with E-state index in [1.807, 2.05) is 30.5 Å². The number of fused-ring (bicyclic) bond motifs is 1. The highest BCUT2D eigenvalue weighted by molar-refractivity contribution is 5.83. The average molecular weight is 204 g/mol. The summed E-state index contributed by atoms with van der Waals surface area (Å²) in [7, 11) is 0. The molecular weight excluding hydrogens is 192 g/mol. The lowest BCUT2D eigenvalue weighted by atomic mass is 10.0. The number of hydrogen-bond donors (Lipinski definition) is 3. The van der Waals surface area contributed by atoms with Gasteiger partial charge in [0.05, 0.1) is 0 Å². The fourth-order valence-electron chi connectivity index (χ4n) is 1.64. The molecule has 0 aliphatic carbocycles. The molecule has 1 atom stereocenters. The molecule has 1 aromatic carbocycles. The Bertz CT molecular complexity index is 490. The Labute approximate surface area is 86.7 Å². The number of aliphatic carboxylic acids is 1. The molecule has 4 heteroatoms. The van der Waals surface area contributed by atoms with Crippen LogP contribution in [0.2, 0.25) is 0 Å². The van der Waals surface area contributed by atoms with Gasteiger partial charge in [-0.2, -0.15) is 0 Å². The van der Waals surface area contributed by atoms with Crippen LogP contribution in [0.1, 0.15) is 5.56 Å². The number of rotatable bonds is 3. The third-order valence-electron chi connectivity index (χ3n) is 2.43.